The molecule has 0 bridgehead atoms. The molecule has 1 saturated carbocycles. The predicted molar refractivity (Wildman–Crippen MR) is 103 cm³/mol. The maximum atomic E-state index is 12.3. The highest BCUT2D eigenvalue weighted by Crippen LogP contribution is 2.46. The summed E-state index contributed by atoms with van der Waals surface area (Å²) in [7, 11) is 0. The van der Waals surface area contributed by atoms with Crippen molar-refractivity contribution in [3.8, 4) is 0 Å². The van der Waals surface area contributed by atoms with Gasteiger partial charge in [-0.1, -0.05) is 34.9 Å². The molecule has 2 aromatic heterocycles. The lowest BCUT2D eigenvalue weighted by molar-refractivity contribution is -0.113. The summed E-state index contributed by atoms with van der Waals surface area (Å²) < 4.78 is 6.80. The molecule has 0 saturated heterocycles. The zero-order chi connectivity index (χ0) is 17.8. The van der Waals surface area contributed by atoms with Gasteiger partial charge in [-0.05, 0) is 42.9 Å². The Balaban J connectivity index is 1.65. The highest BCUT2D eigenvalue weighted by atomic mass is 32.2. The standard InChI is InChI=1S/C15H17N3O3S4/c1-3-21-13(20)11-9(8-4-5-8)6-23-12(11)16-10(19)7-24-15-18-17-14(22-2)25-15/h6,8H,3-5,7H2,1-2H3,(H,16,19). The van der Waals surface area contributed by atoms with E-state index < -0.39 is 0 Å². The average molecular weight is 416 g/mol. The average Bonchev–Trinajstić information content (AvgIpc) is 3.19. The minimum atomic E-state index is -0.359. The van der Waals surface area contributed by atoms with Crippen molar-refractivity contribution in [1.82, 2.24) is 10.2 Å². The van der Waals surface area contributed by atoms with Crippen molar-refractivity contribution in [3.63, 3.8) is 0 Å². The first-order chi connectivity index (χ1) is 12.1. The molecular weight excluding hydrogens is 398 g/mol. The fourth-order valence-corrected chi connectivity index (χ4v) is 5.48. The maximum absolute atomic E-state index is 12.3. The molecule has 10 heteroatoms. The van der Waals surface area contributed by atoms with E-state index in [1.807, 2.05) is 11.6 Å². The van der Waals surface area contributed by atoms with Gasteiger partial charge in [0.2, 0.25) is 5.91 Å². The molecule has 1 aliphatic carbocycles. The van der Waals surface area contributed by atoms with Crippen LogP contribution >= 0.6 is 46.2 Å². The SMILES string of the molecule is CCOC(=O)c1c(C2CC2)csc1NC(=O)CSc1nnc(SC)s1. The van der Waals surface area contributed by atoms with E-state index in [4.69, 9.17) is 4.74 Å². The largest absolute Gasteiger partial charge is 0.462 e. The first-order valence-electron chi connectivity index (χ1n) is 7.71. The summed E-state index contributed by atoms with van der Waals surface area (Å²) in [5.41, 5.74) is 1.52. The molecule has 134 valence electrons. The number of ether oxygens (including phenoxy) is 1. The first-order valence-corrected chi connectivity index (χ1v) is 11.6. The number of anilines is 1. The summed E-state index contributed by atoms with van der Waals surface area (Å²) in [6.45, 7) is 2.09. The third kappa shape index (κ3) is 4.75. The second-order valence-electron chi connectivity index (χ2n) is 5.26. The smallest absolute Gasteiger partial charge is 0.341 e. The number of hydrogen-bond donors (Lipinski definition) is 1. The zero-order valence-corrected chi connectivity index (χ0v) is 17.0. The topological polar surface area (TPSA) is 81.2 Å². The van der Waals surface area contributed by atoms with E-state index in [1.54, 1.807) is 6.92 Å². The molecule has 1 aliphatic rings. The summed E-state index contributed by atoms with van der Waals surface area (Å²) in [4.78, 5) is 24.5. The van der Waals surface area contributed by atoms with Gasteiger partial charge in [0, 0.05) is 0 Å². The van der Waals surface area contributed by atoms with Gasteiger partial charge in [0.25, 0.3) is 0 Å². The molecule has 25 heavy (non-hydrogen) atoms. The van der Waals surface area contributed by atoms with E-state index in [1.165, 1.54) is 46.2 Å². The zero-order valence-electron chi connectivity index (χ0n) is 13.7. The number of esters is 1. The lowest BCUT2D eigenvalue weighted by atomic mass is 10.1. The molecule has 0 unspecified atom stereocenters. The Morgan fingerprint density at radius 2 is 2.12 bits per heavy atom. The van der Waals surface area contributed by atoms with E-state index >= 15 is 0 Å². The molecule has 2 heterocycles. The molecule has 0 aliphatic heterocycles. The van der Waals surface area contributed by atoms with Crippen LogP contribution in [-0.4, -0.2) is 40.7 Å². The Labute approximate surface area is 162 Å². The molecule has 3 rings (SSSR count). The second-order valence-corrected chi connectivity index (χ2v) is 9.40. The van der Waals surface area contributed by atoms with Gasteiger partial charge < -0.3 is 10.1 Å². The molecule has 1 N–H and O–H groups in total. The number of rotatable bonds is 8. The molecule has 1 amide bonds. The summed E-state index contributed by atoms with van der Waals surface area (Å²) in [6.07, 6.45) is 4.11. The second kappa shape index (κ2) is 8.52. The fraction of sp³-hybridized carbons (Fsp3) is 0.467. The van der Waals surface area contributed by atoms with Crippen molar-refractivity contribution >= 4 is 63.1 Å². The number of hydrogen-bond acceptors (Lipinski definition) is 9. The van der Waals surface area contributed by atoms with Crippen molar-refractivity contribution in [2.45, 2.75) is 34.4 Å². The summed E-state index contributed by atoms with van der Waals surface area (Å²) >= 11 is 5.72. The van der Waals surface area contributed by atoms with Crippen LogP contribution in [0.5, 0.6) is 0 Å². The highest BCUT2D eigenvalue weighted by Gasteiger charge is 2.32. The normalized spacial score (nSPS) is 13.7. The van der Waals surface area contributed by atoms with Crippen LogP contribution in [0.1, 0.15) is 41.6 Å². The van der Waals surface area contributed by atoms with Crippen LogP contribution in [0.3, 0.4) is 0 Å². The van der Waals surface area contributed by atoms with E-state index in [9.17, 15) is 9.59 Å². The van der Waals surface area contributed by atoms with Crippen molar-refractivity contribution < 1.29 is 14.3 Å². The number of nitrogens with one attached hydrogen (secondary N) is 1. The number of nitrogens with zero attached hydrogens (tertiary/aromatic N) is 2. The molecule has 2 aromatic rings. The Bertz CT molecular complexity index is 770. The van der Waals surface area contributed by atoms with Gasteiger partial charge in [0.1, 0.15) is 5.00 Å². The van der Waals surface area contributed by atoms with Crippen LogP contribution in [0.2, 0.25) is 0 Å². The van der Waals surface area contributed by atoms with E-state index in [-0.39, 0.29) is 17.6 Å². The Morgan fingerprint density at radius 3 is 2.76 bits per heavy atom. The van der Waals surface area contributed by atoms with Gasteiger partial charge >= 0.3 is 5.97 Å². The van der Waals surface area contributed by atoms with Crippen molar-refractivity contribution in [2.24, 2.45) is 0 Å². The van der Waals surface area contributed by atoms with E-state index in [0.29, 0.717) is 23.1 Å². The Morgan fingerprint density at radius 1 is 1.36 bits per heavy atom. The lowest BCUT2D eigenvalue weighted by Gasteiger charge is -2.07. The number of thiophene rings is 1. The molecule has 1 fully saturated rings. The Hall–Kier alpha value is -1.10. The summed E-state index contributed by atoms with van der Waals surface area (Å²) in [6, 6.07) is 0. The van der Waals surface area contributed by atoms with Crippen LogP contribution < -0.4 is 5.32 Å². The van der Waals surface area contributed by atoms with Crippen LogP contribution in [0, 0.1) is 0 Å². The van der Waals surface area contributed by atoms with Gasteiger partial charge in [-0.15, -0.1) is 21.5 Å². The first kappa shape index (κ1) is 18.7. The number of carbonyl (C=O) groups is 2. The van der Waals surface area contributed by atoms with Crippen LogP contribution in [0.25, 0.3) is 0 Å². The Kier molecular flexibility index (Phi) is 6.37. The number of aromatic nitrogens is 2. The molecule has 0 aromatic carbocycles. The minimum Gasteiger partial charge on any atom is -0.462 e. The van der Waals surface area contributed by atoms with E-state index in [0.717, 1.165) is 27.1 Å². The molecule has 0 atom stereocenters. The van der Waals surface area contributed by atoms with Crippen molar-refractivity contribution in [2.75, 3.05) is 23.9 Å². The predicted octanol–water partition coefficient (Wildman–Crippen LogP) is 4.11. The summed E-state index contributed by atoms with van der Waals surface area (Å²) in [5, 5.41) is 13.4. The lowest BCUT2D eigenvalue weighted by Crippen LogP contribution is -2.16. The van der Waals surface area contributed by atoms with Crippen molar-refractivity contribution in [3.05, 3.63) is 16.5 Å². The number of carbonyl (C=O) groups excluding carboxylic acids is 2. The van der Waals surface area contributed by atoms with Crippen LogP contribution in [0.4, 0.5) is 5.00 Å². The van der Waals surface area contributed by atoms with Gasteiger partial charge in [-0.25, -0.2) is 4.79 Å². The van der Waals surface area contributed by atoms with E-state index in [2.05, 4.69) is 15.5 Å². The number of amides is 1. The van der Waals surface area contributed by atoms with Gasteiger partial charge in [-0.3, -0.25) is 4.79 Å². The molecule has 6 nitrogen and oxygen atoms in total. The third-order valence-electron chi connectivity index (χ3n) is 3.46. The molecule has 0 radical (unpaired) electrons. The van der Waals surface area contributed by atoms with Gasteiger partial charge in [-0.2, -0.15) is 0 Å². The van der Waals surface area contributed by atoms with Crippen LogP contribution in [-0.2, 0) is 9.53 Å². The number of thioether (sulfide) groups is 2. The highest BCUT2D eigenvalue weighted by molar-refractivity contribution is 8.03. The maximum Gasteiger partial charge on any atom is 0.341 e. The van der Waals surface area contributed by atoms with Crippen molar-refractivity contribution in [1.29, 1.82) is 0 Å². The van der Waals surface area contributed by atoms with Gasteiger partial charge in [0.05, 0.1) is 17.9 Å². The molecular formula is C15H17N3O3S4. The monoisotopic (exact) mass is 415 g/mol. The fourth-order valence-electron chi connectivity index (χ4n) is 2.20. The third-order valence-corrected chi connectivity index (χ3v) is 7.40. The quantitative estimate of drug-likeness (QED) is 0.513. The van der Waals surface area contributed by atoms with Crippen LogP contribution in [0.15, 0.2) is 14.1 Å². The summed E-state index contributed by atoms with van der Waals surface area (Å²) in [5.74, 6) is 0.118. The van der Waals surface area contributed by atoms with Gasteiger partial charge in [0.15, 0.2) is 8.68 Å². The molecule has 0 spiro atoms. The minimum absolute atomic E-state index is 0.166.